The van der Waals surface area contributed by atoms with Gasteiger partial charge in [-0.1, -0.05) is 6.42 Å². The highest BCUT2D eigenvalue weighted by Gasteiger charge is 2.29. The van der Waals surface area contributed by atoms with Crippen LogP contribution in [0, 0.1) is 10.8 Å². The second-order valence-electron chi connectivity index (χ2n) is 10.2. The van der Waals surface area contributed by atoms with Crippen LogP contribution in [0.1, 0.15) is 76.6 Å². The lowest BCUT2D eigenvalue weighted by Gasteiger charge is -2.28. The van der Waals surface area contributed by atoms with Crippen LogP contribution in [-0.4, -0.2) is 55.6 Å². The molecule has 0 saturated heterocycles. The fraction of sp³-hybridized carbons (Fsp3) is 0.583. The molecule has 10 nitrogen and oxygen atoms in total. The first-order valence-electron chi connectivity index (χ1n) is 11.6. The molecule has 0 bridgehead atoms. The first-order chi connectivity index (χ1) is 16.1. The van der Waals surface area contributed by atoms with E-state index in [0.29, 0.717) is 11.6 Å². The Bertz CT molecular complexity index is 912. The van der Waals surface area contributed by atoms with E-state index in [9.17, 15) is 19.8 Å². The Morgan fingerprint density at radius 2 is 1.21 bits per heavy atom. The Balaban J connectivity index is 1.62. The molecule has 0 aliphatic heterocycles. The minimum atomic E-state index is -0.897. The van der Waals surface area contributed by atoms with Gasteiger partial charge in [-0.2, -0.15) is 10.2 Å². The van der Waals surface area contributed by atoms with E-state index in [-0.39, 0.29) is 36.9 Å². The molecule has 1 aliphatic rings. The highest BCUT2D eigenvalue weighted by molar-refractivity contribution is 5.94. The van der Waals surface area contributed by atoms with Crippen molar-refractivity contribution in [2.24, 2.45) is 10.8 Å². The Morgan fingerprint density at radius 1 is 0.794 bits per heavy atom. The molecular weight excluding hydrogens is 436 g/mol. The summed E-state index contributed by atoms with van der Waals surface area (Å²) in [6.07, 6.45) is 3.86. The van der Waals surface area contributed by atoms with Crippen molar-refractivity contribution in [3.05, 3.63) is 35.7 Å². The summed E-state index contributed by atoms with van der Waals surface area (Å²) >= 11 is 0. The molecule has 0 radical (unpaired) electrons. The zero-order chi connectivity index (χ0) is 24.9. The van der Waals surface area contributed by atoms with Gasteiger partial charge >= 0.3 is 0 Å². The molecule has 2 atom stereocenters. The fourth-order valence-electron chi connectivity index (χ4n) is 3.70. The van der Waals surface area contributed by atoms with Gasteiger partial charge in [0.25, 0.3) is 0 Å². The maximum Gasteiger partial charge on any atom is 0.233 e. The predicted octanol–water partition coefficient (Wildman–Crippen LogP) is 2.62. The van der Waals surface area contributed by atoms with Gasteiger partial charge in [0.05, 0.1) is 35.4 Å². The van der Waals surface area contributed by atoms with Crippen molar-refractivity contribution in [3.63, 3.8) is 0 Å². The number of carbonyl (C=O) groups excluding carboxylic acids is 2. The quantitative estimate of drug-likeness (QED) is 0.460. The van der Waals surface area contributed by atoms with Gasteiger partial charge in [-0.25, -0.2) is 0 Å². The van der Waals surface area contributed by atoms with Gasteiger partial charge in [-0.15, -0.1) is 10.2 Å². The molecule has 2 aromatic heterocycles. The van der Waals surface area contributed by atoms with Gasteiger partial charge in [0.15, 0.2) is 11.6 Å². The first-order valence-corrected chi connectivity index (χ1v) is 11.6. The van der Waals surface area contributed by atoms with E-state index in [4.69, 9.17) is 0 Å². The maximum atomic E-state index is 12.2. The van der Waals surface area contributed by atoms with Crippen LogP contribution in [0.3, 0.4) is 0 Å². The number of anilines is 2. The van der Waals surface area contributed by atoms with Crippen LogP contribution in [0.15, 0.2) is 24.3 Å². The molecular formula is C24H34N6O4. The number of aliphatic hydroxyl groups is 2. The molecule has 184 valence electrons. The van der Waals surface area contributed by atoms with Crippen molar-refractivity contribution in [3.8, 4) is 0 Å². The van der Waals surface area contributed by atoms with E-state index in [1.54, 1.807) is 39.8 Å². The zero-order valence-electron chi connectivity index (χ0n) is 20.2. The van der Waals surface area contributed by atoms with E-state index >= 15 is 0 Å². The topological polar surface area (TPSA) is 150 Å². The number of aromatic nitrogens is 4. The molecule has 0 spiro atoms. The molecule has 2 amide bonds. The maximum absolute atomic E-state index is 12.2. The van der Waals surface area contributed by atoms with Crippen LogP contribution in [0.2, 0.25) is 0 Å². The van der Waals surface area contributed by atoms with Gasteiger partial charge in [0, 0.05) is 11.8 Å². The Hall–Kier alpha value is -2.98. The summed E-state index contributed by atoms with van der Waals surface area (Å²) < 4.78 is 0. The predicted molar refractivity (Wildman–Crippen MR) is 127 cm³/mol. The number of nitrogens with zero attached hydrogens (tertiary/aromatic N) is 4. The Labute approximate surface area is 199 Å². The van der Waals surface area contributed by atoms with E-state index in [1.807, 2.05) is 12.1 Å². The summed E-state index contributed by atoms with van der Waals surface area (Å²) in [7, 11) is 0. The lowest BCUT2D eigenvalue weighted by atomic mass is 9.78. The SMILES string of the molecule is CC(C)(CO)C(=O)Nc1ccc(C2CCCC(c3ccc(NC(=O)C(C)(C)CO)nn3)C2)nn1. The van der Waals surface area contributed by atoms with Crippen LogP contribution in [0.5, 0.6) is 0 Å². The molecule has 1 fully saturated rings. The number of aliphatic hydroxyl groups excluding tert-OH is 2. The van der Waals surface area contributed by atoms with E-state index < -0.39 is 10.8 Å². The summed E-state index contributed by atoms with van der Waals surface area (Å²) in [4.78, 5) is 24.4. The van der Waals surface area contributed by atoms with E-state index in [2.05, 4.69) is 31.0 Å². The molecule has 1 aliphatic carbocycles. The average molecular weight is 471 g/mol. The molecule has 2 aromatic rings. The number of nitrogens with one attached hydrogen (secondary N) is 2. The smallest absolute Gasteiger partial charge is 0.233 e. The number of hydrogen-bond acceptors (Lipinski definition) is 8. The van der Waals surface area contributed by atoms with Gasteiger partial charge in [-0.3, -0.25) is 9.59 Å². The normalized spacial score (nSPS) is 18.9. The van der Waals surface area contributed by atoms with Crippen LogP contribution in [0.4, 0.5) is 11.6 Å². The minimum Gasteiger partial charge on any atom is -0.395 e. The highest BCUT2D eigenvalue weighted by atomic mass is 16.3. The minimum absolute atomic E-state index is 0.219. The van der Waals surface area contributed by atoms with E-state index in [0.717, 1.165) is 37.1 Å². The third-order valence-corrected chi connectivity index (χ3v) is 6.38. The van der Waals surface area contributed by atoms with E-state index in [1.165, 1.54) is 0 Å². The lowest BCUT2D eigenvalue weighted by Crippen LogP contribution is -2.34. The third kappa shape index (κ3) is 6.12. The monoisotopic (exact) mass is 470 g/mol. The molecule has 2 unspecified atom stereocenters. The van der Waals surface area contributed by atoms with Gasteiger partial charge in [-0.05, 0) is 71.2 Å². The molecule has 0 aromatic carbocycles. The van der Waals surface area contributed by atoms with Crippen LogP contribution in [-0.2, 0) is 9.59 Å². The van der Waals surface area contributed by atoms with Crippen molar-refractivity contribution in [2.75, 3.05) is 23.8 Å². The third-order valence-electron chi connectivity index (χ3n) is 6.38. The largest absolute Gasteiger partial charge is 0.395 e. The van der Waals surface area contributed by atoms with Crippen molar-refractivity contribution >= 4 is 23.5 Å². The molecule has 2 heterocycles. The van der Waals surface area contributed by atoms with Crippen LogP contribution in [0.25, 0.3) is 0 Å². The summed E-state index contributed by atoms with van der Waals surface area (Å²) in [6.45, 7) is 6.11. The number of rotatable bonds is 8. The lowest BCUT2D eigenvalue weighted by molar-refractivity contribution is -0.126. The summed E-state index contributed by atoms with van der Waals surface area (Å²) in [6, 6.07) is 7.24. The number of carbonyl (C=O) groups is 2. The molecule has 4 N–H and O–H groups in total. The van der Waals surface area contributed by atoms with Crippen molar-refractivity contribution < 1.29 is 19.8 Å². The molecule has 1 saturated carbocycles. The molecule has 10 heteroatoms. The number of amides is 2. The first kappa shape index (κ1) is 25.6. The summed E-state index contributed by atoms with van der Waals surface area (Å²) in [5.74, 6) is 0.527. The van der Waals surface area contributed by atoms with Crippen molar-refractivity contribution in [1.29, 1.82) is 0 Å². The Morgan fingerprint density at radius 3 is 1.53 bits per heavy atom. The zero-order valence-corrected chi connectivity index (χ0v) is 20.2. The summed E-state index contributed by atoms with van der Waals surface area (Å²) in [5.41, 5.74) is -0.0593. The van der Waals surface area contributed by atoms with Crippen LogP contribution >= 0.6 is 0 Å². The van der Waals surface area contributed by atoms with Crippen molar-refractivity contribution in [2.45, 2.75) is 65.2 Å². The summed E-state index contributed by atoms with van der Waals surface area (Å²) in [5, 5.41) is 41.1. The van der Waals surface area contributed by atoms with Gasteiger partial charge in [0.2, 0.25) is 11.8 Å². The second-order valence-corrected chi connectivity index (χ2v) is 10.2. The van der Waals surface area contributed by atoms with Gasteiger partial charge < -0.3 is 20.8 Å². The van der Waals surface area contributed by atoms with Crippen molar-refractivity contribution in [1.82, 2.24) is 20.4 Å². The molecule has 34 heavy (non-hydrogen) atoms. The molecule has 3 rings (SSSR count). The second kappa shape index (κ2) is 10.5. The van der Waals surface area contributed by atoms with Crippen LogP contribution < -0.4 is 10.6 Å². The van der Waals surface area contributed by atoms with Gasteiger partial charge in [0.1, 0.15) is 0 Å². The Kier molecular flexibility index (Phi) is 7.93. The standard InChI is InChI=1S/C24H34N6O4/c1-23(2,13-31)21(33)25-19-10-8-17(27-29-19)15-6-5-7-16(12-15)18-9-11-20(30-28-18)26-22(34)24(3,4)14-32/h8-11,15-16,31-32H,5-7,12-14H2,1-4H3,(H,25,29,33)(H,26,30,34). The highest BCUT2D eigenvalue weighted by Crippen LogP contribution is 2.40. The average Bonchev–Trinajstić information content (AvgIpc) is 2.85. The number of hydrogen-bond donors (Lipinski definition) is 4. The fourth-order valence-corrected chi connectivity index (χ4v) is 3.70.